The third-order valence-corrected chi connectivity index (χ3v) is 6.55. The zero-order valence-corrected chi connectivity index (χ0v) is 21.7. The fraction of sp³-hybridized carbons (Fsp3) is 0.440. The third-order valence-electron chi connectivity index (χ3n) is 4.85. The Morgan fingerprint density at radius 1 is 1.09 bits per heavy atom. The van der Waals surface area contributed by atoms with Crippen LogP contribution in [0.2, 0.25) is 10.0 Å². The second-order valence-corrected chi connectivity index (χ2v) is 10.7. The molecule has 0 radical (unpaired) electrons. The first-order chi connectivity index (χ1) is 15.0. The first-order valence-corrected chi connectivity index (χ1v) is 12.6. The SMILES string of the molecule is CC[C@H](C(=O)NC(C)(C)C)N(Cc1c(Cl)cccc1Cl)C(=O)CSCc1cccc(C)c1. The van der Waals surface area contributed by atoms with Gasteiger partial charge in [-0.05, 0) is 51.8 Å². The van der Waals surface area contributed by atoms with Gasteiger partial charge in [-0.15, -0.1) is 11.8 Å². The van der Waals surface area contributed by atoms with E-state index in [1.54, 1.807) is 23.1 Å². The van der Waals surface area contributed by atoms with Gasteiger partial charge in [0.05, 0.1) is 5.75 Å². The molecule has 2 rings (SSSR count). The number of amides is 2. The number of halogens is 2. The van der Waals surface area contributed by atoms with Crippen molar-refractivity contribution in [2.24, 2.45) is 0 Å². The molecule has 174 valence electrons. The monoisotopic (exact) mass is 494 g/mol. The quantitative estimate of drug-likeness (QED) is 0.447. The molecule has 2 aromatic rings. The molecule has 0 aliphatic heterocycles. The number of benzene rings is 2. The summed E-state index contributed by atoms with van der Waals surface area (Å²) in [5.41, 5.74) is 2.60. The lowest BCUT2D eigenvalue weighted by atomic mass is 10.1. The molecule has 1 N–H and O–H groups in total. The summed E-state index contributed by atoms with van der Waals surface area (Å²) < 4.78 is 0. The molecule has 0 unspecified atom stereocenters. The topological polar surface area (TPSA) is 49.4 Å². The van der Waals surface area contributed by atoms with Crippen LogP contribution in [0.3, 0.4) is 0 Å². The van der Waals surface area contributed by atoms with Crippen LogP contribution < -0.4 is 5.32 Å². The van der Waals surface area contributed by atoms with Gasteiger partial charge in [-0.1, -0.05) is 66.0 Å². The van der Waals surface area contributed by atoms with Crippen molar-refractivity contribution < 1.29 is 9.59 Å². The first kappa shape index (κ1) is 26.6. The average molecular weight is 496 g/mol. The van der Waals surface area contributed by atoms with Crippen molar-refractivity contribution in [1.82, 2.24) is 10.2 Å². The van der Waals surface area contributed by atoms with Crippen molar-refractivity contribution in [3.05, 3.63) is 69.2 Å². The molecule has 0 fully saturated rings. The normalized spacial score (nSPS) is 12.3. The molecule has 1 atom stereocenters. The molecular formula is C25H32Cl2N2O2S. The Balaban J connectivity index is 2.23. The largest absolute Gasteiger partial charge is 0.350 e. The molecule has 0 spiro atoms. The Labute approximate surface area is 206 Å². The highest BCUT2D eigenvalue weighted by Gasteiger charge is 2.31. The summed E-state index contributed by atoms with van der Waals surface area (Å²) in [6, 6.07) is 12.9. The average Bonchev–Trinajstić information content (AvgIpc) is 2.68. The van der Waals surface area contributed by atoms with Gasteiger partial charge in [0.25, 0.3) is 0 Å². The van der Waals surface area contributed by atoms with E-state index in [-0.39, 0.29) is 24.1 Å². The van der Waals surface area contributed by atoms with Crippen molar-refractivity contribution in [2.75, 3.05) is 5.75 Å². The van der Waals surface area contributed by atoms with Crippen molar-refractivity contribution >= 4 is 46.8 Å². The van der Waals surface area contributed by atoms with E-state index < -0.39 is 11.6 Å². The van der Waals surface area contributed by atoms with Crippen LogP contribution in [0.15, 0.2) is 42.5 Å². The summed E-state index contributed by atoms with van der Waals surface area (Å²) in [6.07, 6.45) is 0.484. The summed E-state index contributed by atoms with van der Waals surface area (Å²) in [5, 5.41) is 3.96. The highest BCUT2D eigenvalue weighted by Crippen LogP contribution is 2.27. The minimum Gasteiger partial charge on any atom is -0.350 e. The molecule has 0 bridgehead atoms. The maximum absolute atomic E-state index is 13.3. The Morgan fingerprint density at radius 2 is 1.72 bits per heavy atom. The Morgan fingerprint density at radius 3 is 2.28 bits per heavy atom. The molecule has 32 heavy (non-hydrogen) atoms. The van der Waals surface area contributed by atoms with Crippen LogP contribution in [0, 0.1) is 6.92 Å². The van der Waals surface area contributed by atoms with Gasteiger partial charge >= 0.3 is 0 Å². The van der Waals surface area contributed by atoms with Gasteiger partial charge in [0.15, 0.2) is 0 Å². The number of carbonyl (C=O) groups excluding carboxylic acids is 2. The molecule has 2 amide bonds. The van der Waals surface area contributed by atoms with E-state index in [2.05, 4.69) is 17.4 Å². The molecular weight excluding hydrogens is 463 g/mol. The molecule has 0 aliphatic carbocycles. The van der Waals surface area contributed by atoms with Gasteiger partial charge in [0.2, 0.25) is 11.8 Å². The van der Waals surface area contributed by atoms with E-state index in [9.17, 15) is 9.59 Å². The van der Waals surface area contributed by atoms with Crippen LogP contribution in [-0.4, -0.2) is 34.0 Å². The number of hydrogen-bond acceptors (Lipinski definition) is 3. The van der Waals surface area contributed by atoms with Crippen LogP contribution in [0.5, 0.6) is 0 Å². The van der Waals surface area contributed by atoms with Gasteiger partial charge < -0.3 is 10.2 Å². The highest BCUT2D eigenvalue weighted by molar-refractivity contribution is 7.99. The van der Waals surface area contributed by atoms with Gasteiger partial charge in [0, 0.05) is 33.4 Å². The van der Waals surface area contributed by atoms with E-state index >= 15 is 0 Å². The van der Waals surface area contributed by atoms with Crippen molar-refractivity contribution in [2.45, 2.75) is 64.9 Å². The molecule has 0 saturated carbocycles. The maximum atomic E-state index is 13.3. The molecule has 0 aliphatic rings. The summed E-state index contributed by atoms with van der Waals surface area (Å²) >= 11 is 14.3. The first-order valence-electron chi connectivity index (χ1n) is 10.7. The van der Waals surface area contributed by atoms with Crippen LogP contribution in [-0.2, 0) is 21.9 Å². The van der Waals surface area contributed by atoms with Gasteiger partial charge in [-0.2, -0.15) is 0 Å². The predicted octanol–water partition coefficient (Wildman–Crippen LogP) is 6.26. The molecule has 4 nitrogen and oxygen atoms in total. The maximum Gasteiger partial charge on any atom is 0.243 e. The summed E-state index contributed by atoms with van der Waals surface area (Å²) in [4.78, 5) is 28.0. The Hall–Kier alpha value is -1.69. The summed E-state index contributed by atoms with van der Waals surface area (Å²) in [6.45, 7) is 9.90. The van der Waals surface area contributed by atoms with E-state index in [4.69, 9.17) is 23.2 Å². The van der Waals surface area contributed by atoms with Crippen LogP contribution in [0.4, 0.5) is 0 Å². The number of rotatable bonds is 9. The summed E-state index contributed by atoms with van der Waals surface area (Å²) in [7, 11) is 0. The lowest BCUT2D eigenvalue weighted by Gasteiger charge is -2.33. The number of nitrogens with zero attached hydrogens (tertiary/aromatic N) is 1. The highest BCUT2D eigenvalue weighted by atomic mass is 35.5. The molecule has 0 aromatic heterocycles. The zero-order chi connectivity index (χ0) is 23.9. The second-order valence-electron chi connectivity index (χ2n) is 8.87. The molecule has 7 heteroatoms. The van der Waals surface area contributed by atoms with E-state index in [1.807, 2.05) is 46.8 Å². The van der Waals surface area contributed by atoms with Crippen molar-refractivity contribution in [3.63, 3.8) is 0 Å². The van der Waals surface area contributed by atoms with E-state index in [0.717, 1.165) is 5.75 Å². The fourth-order valence-electron chi connectivity index (χ4n) is 3.37. The molecule has 0 heterocycles. The third kappa shape index (κ3) is 8.02. The Kier molecular flexibility index (Phi) is 9.93. The van der Waals surface area contributed by atoms with Crippen LogP contribution in [0.25, 0.3) is 0 Å². The minimum atomic E-state index is -0.617. The summed E-state index contributed by atoms with van der Waals surface area (Å²) in [5.74, 6) is 0.684. The van der Waals surface area contributed by atoms with Gasteiger partial charge in [0.1, 0.15) is 6.04 Å². The predicted molar refractivity (Wildman–Crippen MR) is 136 cm³/mol. The minimum absolute atomic E-state index is 0.116. The van der Waals surface area contributed by atoms with Crippen molar-refractivity contribution in [3.8, 4) is 0 Å². The van der Waals surface area contributed by atoms with Crippen molar-refractivity contribution in [1.29, 1.82) is 0 Å². The second kappa shape index (κ2) is 12.0. The van der Waals surface area contributed by atoms with Gasteiger partial charge in [-0.3, -0.25) is 9.59 Å². The number of thioether (sulfide) groups is 1. The lowest BCUT2D eigenvalue weighted by Crippen LogP contribution is -2.53. The number of nitrogens with one attached hydrogen (secondary N) is 1. The van der Waals surface area contributed by atoms with E-state index in [1.165, 1.54) is 22.9 Å². The molecule has 0 saturated heterocycles. The zero-order valence-electron chi connectivity index (χ0n) is 19.4. The Bertz CT molecular complexity index is 924. The number of aryl methyl sites for hydroxylation is 1. The smallest absolute Gasteiger partial charge is 0.243 e. The van der Waals surface area contributed by atoms with Crippen LogP contribution >= 0.6 is 35.0 Å². The standard InChI is InChI=1S/C25H32Cl2N2O2S/c1-6-22(24(31)28-25(3,4)5)29(14-19-20(26)11-8-12-21(19)27)23(30)16-32-15-18-10-7-9-17(2)13-18/h7-13,22H,6,14-16H2,1-5H3,(H,28,31)/t22-/m1/s1. The number of hydrogen-bond donors (Lipinski definition) is 1. The lowest BCUT2D eigenvalue weighted by molar-refractivity contribution is -0.140. The van der Waals surface area contributed by atoms with E-state index in [0.29, 0.717) is 22.0 Å². The fourth-order valence-corrected chi connectivity index (χ4v) is 4.74. The number of carbonyl (C=O) groups is 2. The van der Waals surface area contributed by atoms with Gasteiger partial charge in [-0.25, -0.2) is 0 Å². The molecule has 2 aromatic carbocycles. The van der Waals surface area contributed by atoms with Crippen LogP contribution in [0.1, 0.15) is 50.8 Å².